The van der Waals surface area contributed by atoms with Crippen LogP contribution in [-0.4, -0.2) is 38.0 Å². The molecule has 2 aromatic heterocycles. The quantitative estimate of drug-likeness (QED) is 0.367. The molecule has 8 nitrogen and oxygen atoms in total. The second-order valence-electron chi connectivity index (χ2n) is 7.96. The molecule has 1 fully saturated rings. The zero-order valence-corrected chi connectivity index (χ0v) is 16.9. The first-order valence-corrected chi connectivity index (χ1v) is 10.2. The van der Waals surface area contributed by atoms with Crippen LogP contribution in [0.25, 0.3) is 22.6 Å². The number of benzene rings is 1. The lowest BCUT2D eigenvalue weighted by Gasteiger charge is -2.26. The number of nitrogen functional groups attached to an aromatic ring is 1. The van der Waals surface area contributed by atoms with Gasteiger partial charge in [-0.2, -0.15) is 0 Å². The van der Waals surface area contributed by atoms with E-state index in [0.717, 1.165) is 60.6 Å². The summed E-state index contributed by atoms with van der Waals surface area (Å²) >= 11 is 0. The molecule has 0 radical (unpaired) electrons. The summed E-state index contributed by atoms with van der Waals surface area (Å²) < 4.78 is 1.96. The number of rotatable bonds is 6. The highest BCUT2D eigenvalue weighted by atomic mass is 16.4. The minimum absolute atomic E-state index is 0.0420. The van der Waals surface area contributed by atoms with Crippen molar-refractivity contribution in [3.8, 4) is 11.4 Å². The van der Waals surface area contributed by atoms with Crippen LogP contribution in [0.5, 0.6) is 0 Å². The number of carbonyl (C=O) groups is 1. The summed E-state index contributed by atoms with van der Waals surface area (Å²) in [7, 11) is 1.94. The molecule has 1 aliphatic rings. The van der Waals surface area contributed by atoms with Crippen LogP contribution in [-0.2, 0) is 11.8 Å². The van der Waals surface area contributed by atoms with Gasteiger partial charge in [-0.3, -0.25) is 10.2 Å². The molecular formula is C22H26N6O2. The average Bonchev–Trinajstić information content (AvgIpc) is 3.08. The molecule has 1 saturated carbocycles. The number of aromatic nitrogens is 3. The SMILES string of the molecule is Cn1c(-c2ccc(C(=N)N)cc2)nc2ccc(NCC3CCC(C(=O)O)CC3)nc21. The fraction of sp³-hybridized carbons (Fsp3) is 0.364. The fourth-order valence-corrected chi connectivity index (χ4v) is 4.08. The number of carboxylic acids is 1. The molecule has 0 aliphatic heterocycles. The van der Waals surface area contributed by atoms with Gasteiger partial charge < -0.3 is 20.7 Å². The number of aryl methyl sites for hydroxylation is 1. The highest BCUT2D eigenvalue weighted by Crippen LogP contribution is 2.29. The summed E-state index contributed by atoms with van der Waals surface area (Å²) in [6.07, 6.45) is 3.36. The Bertz CT molecular complexity index is 1080. The number of fused-ring (bicyclic) bond motifs is 1. The molecule has 2 heterocycles. The predicted octanol–water partition coefficient (Wildman–Crippen LogP) is 3.22. The molecule has 1 aliphatic carbocycles. The number of nitrogens with zero attached hydrogens (tertiary/aromatic N) is 3. The van der Waals surface area contributed by atoms with E-state index in [9.17, 15) is 4.79 Å². The smallest absolute Gasteiger partial charge is 0.306 e. The van der Waals surface area contributed by atoms with Crippen LogP contribution in [0, 0.1) is 17.2 Å². The van der Waals surface area contributed by atoms with Gasteiger partial charge in [-0.1, -0.05) is 24.3 Å². The van der Waals surface area contributed by atoms with Gasteiger partial charge in [0.25, 0.3) is 0 Å². The van der Waals surface area contributed by atoms with Crippen LogP contribution in [0.4, 0.5) is 5.82 Å². The highest BCUT2D eigenvalue weighted by molar-refractivity contribution is 5.95. The monoisotopic (exact) mass is 406 g/mol. The van der Waals surface area contributed by atoms with E-state index in [1.807, 2.05) is 48.0 Å². The maximum atomic E-state index is 11.1. The Morgan fingerprint density at radius 1 is 1.17 bits per heavy atom. The lowest BCUT2D eigenvalue weighted by molar-refractivity contribution is -0.143. The molecule has 30 heavy (non-hydrogen) atoms. The van der Waals surface area contributed by atoms with Crippen molar-refractivity contribution in [1.82, 2.24) is 14.5 Å². The lowest BCUT2D eigenvalue weighted by atomic mass is 9.82. The maximum Gasteiger partial charge on any atom is 0.306 e. The third kappa shape index (κ3) is 3.98. The van der Waals surface area contributed by atoms with Crippen molar-refractivity contribution in [3.05, 3.63) is 42.0 Å². The third-order valence-electron chi connectivity index (χ3n) is 5.94. The van der Waals surface area contributed by atoms with Crippen molar-refractivity contribution >= 4 is 28.8 Å². The molecular weight excluding hydrogens is 380 g/mol. The van der Waals surface area contributed by atoms with E-state index in [-0.39, 0.29) is 11.8 Å². The first kappa shape index (κ1) is 19.9. The van der Waals surface area contributed by atoms with Gasteiger partial charge in [-0.25, -0.2) is 9.97 Å². The van der Waals surface area contributed by atoms with Gasteiger partial charge in [0.05, 0.1) is 5.92 Å². The Labute approximate surface area is 174 Å². The molecule has 1 aromatic carbocycles. The molecule has 0 spiro atoms. The molecule has 3 aromatic rings. The van der Waals surface area contributed by atoms with Crippen LogP contribution in [0.2, 0.25) is 0 Å². The number of carboxylic acid groups (broad SMARTS) is 1. The second-order valence-corrected chi connectivity index (χ2v) is 7.96. The minimum Gasteiger partial charge on any atom is -0.481 e. The van der Waals surface area contributed by atoms with Crippen LogP contribution in [0.3, 0.4) is 0 Å². The van der Waals surface area contributed by atoms with Crippen LogP contribution >= 0.6 is 0 Å². The van der Waals surface area contributed by atoms with Gasteiger partial charge in [-0.05, 0) is 43.7 Å². The summed E-state index contributed by atoms with van der Waals surface area (Å²) in [5, 5.41) is 20.1. The summed E-state index contributed by atoms with van der Waals surface area (Å²) in [5.74, 6) is 1.26. The first-order chi connectivity index (χ1) is 14.4. The van der Waals surface area contributed by atoms with Gasteiger partial charge >= 0.3 is 5.97 Å². The summed E-state index contributed by atoms with van der Waals surface area (Å²) in [4.78, 5) is 20.5. The Morgan fingerprint density at radius 2 is 1.87 bits per heavy atom. The topological polar surface area (TPSA) is 130 Å². The number of nitrogens with two attached hydrogens (primary N) is 1. The van der Waals surface area contributed by atoms with Crippen molar-refractivity contribution in [3.63, 3.8) is 0 Å². The summed E-state index contributed by atoms with van der Waals surface area (Å²) in [6, 6.07) is 11.3. The van der Waals surface area contributed by atoms with E-state index in [1.165, 1.54) is 0 Å². The molecule has 0 atom stereocenters. The summed E-state index contributed by atoms with van der Waals surface area (Å²) in [6.45, 7) is 0.794. The first-order valence-electron chi connectivity index (χ1n) is 10.2. The largest absolute Gasteiger partial charge is 0.481 e. The van der Waals surface area contributed by atoms with Gasteiger partial charge in [0.15, 0.2) is 5.65 Å². The number of imidazole rings is 1. The molecule has 156 valence electrons. The number of anilines is 1. The van der Waals surface area contributed by atoms with Crippen molar-refractivity contribution < 1.29 is 9.90 Å². The van der Waals surface area contributed by atoms with Crippen molar-refractivity contribution in [1.29, 1.82) is 5.41 Å². The maximum absolute atomic E-state index is 11.1. The molecule has 0 bridgehead atoms. The van der Waals surface area contributed by atoms with Crippen molar-refractivity contribution in [2.45, 2.75) is 25.7 Å². The number of nitrogens with one attached hydrogen (secondary N) is 2. The van der Waals surface area contributed by atoms with E-state index < -0.39 is 5.97 Å². The van der Waals surface area contributed by atoms with Crippen LogP contribution < -0.4 is 11.1 Å². The fourth-order valence-electron chi connectivity index (χ4n) is 4.08. The molecule has 0 unspecified atom stereocenters. The van der Waals surface area contributed by atoms with E-state index in [0.29, 0.717) is 11.5 Å². The molecule has 4 rings (SSSR count). The number of hydrogen-bond donors (Lipinski definition) is 4. The Morgan fingerprint density at radius 3 is 2.50 bits per heavy atom. The molecule has 5 N–H and O–H groups in total. The number of hydrogen-bond acceptors (Lipinski definition) is 5. The van der Waals surface area contributed by atoms with Crippen LogP contribution in [0.1, 0.15) is 31.2 Å². The lowest BCUT2D eigenvalue weighted by Crippen LogP contribution is -2.25. The normalized spacial score (nSPS) is 19.0. The minimum atomic E-state index is -0.670. The van der Waals surface area contributed by atoms with Crippen molar-refractivity contribution in [2.24, 2.45) is 24.6 Å². The van der Waals surface area contributed by atoms with E-state index in [2.05, 4.69) is 5.32 Å². The standard InChI is InChI=1S/C22H26N6O2/c1-28-20(15-8-6-14(7-9-15)19(23)24)26-17-10-11-18(27-21(17)28)25-12-13-2-4-16(5-3-13)22(29)30/h6-11,13,16H,2-5,12H2,1H3,(H3,23,24)(H,25,27)(H,29,30). The van der Waals surface area contributed by atoms with Gasteiger partial charge in [0.2, 0.25) is 0 Å². The third-order valence-corrected chi connectivity index (χ3v) is 5.94. The van der Waals surface area contributed by atoms with E-state index >= 15 is 0 Å². The second kappa shape index (κ2) is 8.14. The average molecular weight is 406 g/mol. The zero-order valence-electron chi connectivity index (χ0n) is 16.9. The van der Waals surface area contributed by atoms with Gasteiger partial charge in [0, 0.05) is 24.7 Å². The van der Waals surface area contributed by atoms with Crippen LogP contribution in [0.15, 0.2) is 36.4 Å². The number of pyridine rings is 1. The molecule has 0 saturated heterocycles. The Hall–Kier alpha value is -3.42. The van der Waals surface area contributed by atoms with E-state index in [4.69, 9.17) is 26.2 Å². The Kier molecular flexibility index (Phi) is 5.39. The zero-order chi connectivity index (χ0) is 21.3. The van der Waals surface area contributed by atoms with E-state index in [1.54, 1.807) is 0 Å². The van der Waals surface area contributed by atoms with Gasteiger partial charge in [0.1, 0.15) is 23.0 Å². The number of amidine groups is 1. The van der Waals surface area contributed by atoms with Crippen molar-refractivity contribution in [2.75, 3.05) is 11.9 Å². The highest BCUT2D eigenvalue weighted by Gasteiger charge is 2.25. The Balaban J connectivity index is 1.47. The number of aliphatic carboxylic acids is 1. The van der Waals surface area contributed by atoms with Gasteiger partial charge in [-0.15, -0.1) is 0 Å². The molecule has 8 heteroatoms. The summed E-state index contributed by atoms with van der Waals surface area (Å²) in [5.41, 5.74) is 8.75. The predicted molar refractivity (Wildman–Crippen MR) is 117 cm³/mol. The molecule has 0 amide bonds.